The molecule has 10 rings (SSSR count). The molecule has 0 N–H and O–H groups in total. The lowest BCUT2D eigenvalue weighted by atomic mass is 9.82. The van der Waals surface area contributed by atoms with Crippen molar-refractivity contribution in [3.63, 3.8) is 0 Å². The van der Waals surface area contributed by atoms with E-state index in [-0.39, 0.29) is 5.41 Å². The Bertz CT molecular complexity index is 2760. The van der Waals surface area contributed by atoms with E-state index in [9.17, 15) is 0 Å². The molecule has 0 radical (unpaired) electrons. The Hall–Kier alpha value is -5.71. The van der Waals surface area contributed by atoms with Gasteiger partial charge in [-0.05, 0) is 50.5 Å². The van der Waals surface area contributed by atoms with Crippen LogP contribution in [0.1, 0.15) is 25.0 Å². The molecule has 0 unspecified atom stereocenters. The summed E-state index contributed by atoms with van der Waals surface area (Å²) in [5.74, 6) is 2.05. The summed E-state index contributed by atoms with van der Waals surface area (Å²) >= 11 is 1.84. The van der Waals surface area contributed by atoms with E-state index in [1.165, 1.54) is 64.0 Å². The van der Waals surface area contributed by atoms with Gasteiger partial charge in [-0.1, -0.05) is 141 Å². The van der Waals surface area contributed by atoms with Crippen molar-refractivity contribution < 1.29 is 0 Å². The van der Waals surface area contributed by atoms with Crippen LogP contribution in [0.3, 0.4) is 0 Å². The normalized spacial score (nSPS) is 13.4. The summed E-state index contributed by atoms with van der Waals surface area (Å²) in [6, 6.07) is 49.9. The number of hydrogen-bond acceptors (Lipinski definition) is 4. The SMILES string of the molecule is CC1(C)c2ccccc2-c2ccc(-c3nc(-c4ccccc4)nc(-c4cccc5c4sc4c5ccc5ccc6ccccc6c54)n3)cc21. The predicted octanol–water partition coefficient (Wildman–Crippen LogP) is 11.9. The highest BCUT2D eigenvalue weighted by molar-refractivity contribution is 7.27. The highest BCUT2D eigenvalue weighted by atomic mass is 32.1. The van der Waals surface area contributed by atoms with E-state index in [0.717, 1.165) is 16.7 Å². The zero-order chi connectivity index (χ0) is 32.0. The largest absolute Gasteiger partial charge is 0.208 e. The number of hydrogen-bond donors (Lipinski definition) is 0. The highest BCUT2D eigenvalue weighted by Crippen LogP contribution is 2.49. The molecule has 3 nitrogen and oxygen atoms in total. The summed E-state index contributed by atoms with van der Waals surface area (Å²) in [5.41, 5.74) is 8.13. The molecule has 4 heteroatoms. The quantitative estimate of drug-likeness (QED) is 0.182. The number of aromatic nitrogens is 3. The van der Waals surface area contributed by atoms with Gasteiger partial charge in [0.2, 0.25) is 0 Å². The summed E-state index contributed by atoms with van der Waals surface area (Å²) in [4.78, 5) is 15.5. The number of benzene rings is 7. The molecule has 1 aliphatic rings. The van der Waals surface area contributed by atoms with E-state index >= 15 is 0 Å². The summed E-state index contributed by atoms with van der Waals surface area (Å²) in [5, 5.41) is 7.58. The first-order valence-corrected chi connectivity index (χ1v) is 17.2. The number of fused-ring (bicyclic) bond motifs is 10. The van der Waals surface area contributed by atoms with Crippen LogP contribution in [-0.4, -0.2) is 15.0 Å². The van der Waals surface area contributed by atoms with Gasteiger partial charge in [0.05, 0.1) is 0 Å². The minimum atomic E-state index is -0.115. The Morgan fingerprint density at radius 1 is 0.438 bits per heavy atom. The van der Waals surface area contributed by atoms with Crippen molar-refractivity contribution >= 4 is 53.1 Å². The van der Waals surface area contributed by atoms with Gasteiger partial charge in [0.1, 0.15) is 0 Å². The van der Waals surface area contributed by atoms with Crippen molar-refractivity contribution in [3.05, 3.63) is 151 Å². The van der Waals surface area contributed by atoms with Crippen molar-refractivity contribution in [3.8, 4) is 45.3 Å². The second-order valence-corrected chi connectivity index (χ2v) is 14.2. The maximum atomic E-state index is 5.24. The van der Waals surface area contributed by atoms with Gasteiger partial charge in [-0.25, -0.2) is 15.0 Å². The van der Waals surface area contributed by atoms with E-state index in [1.807, 2.05) is 29.5 Å². The molecule has 0 saturated heterocycles. The third kappa shape index (κ3) is 3.96. The first-order valence-electron chi connectivity index (χ1n) is 16.4. The second kappa shape index (κ2) is 10.1. The Balaban J connectivity index is 1.21. The Morgan fingerprint density at radius 2 is 1.08 bits per heavy atom. The van der Waals surface area contributed by atoms with Crippen LogP contribution in [0, 0.1) is 0 Å². The van der Waals surface area contributed by atoms with Gasteiger partial charge in [0.25, 0.3) is 0 Å². The van der Waals surface area contributed by atoms with Gasteiger partial charge >= 0.3 is 0 Å². The smallest absolute Gasteiger partial charge is 0.165 e. The summed E-state index contributed by atoms with van der Waals surface area (Å²) in [7, 11) is 0. The molecule has 0 spiro atoms. The fourth-order valence-electron chi connectivity index (χ4n) is 7.70. The molecule has 2 aromatic heterocycles. The monoisotopic (exact) mass is 631 g/mol. The second-order valence-electron chi connectivity index (χ2n) is 13.2. The number of thiophene rings is 1. The van der Waals surface area contributed by atoms with E-state index < -0.39 is 0 Å². The third-order valence-electron chi connectivity index (χ3n) is 10.1. The summed E-state index contributed by atoms with van der Waals surface area (Å²) in [6.07, 6.45) is 0. The minimum absolute atomic E-state index is 0.115. The minimum Gasteiger partial charge on any atom is -0.208 e. The summed E-state index contributed by atoms with van der Waals surface area (Å²) < 4.78 is 2.49. The Labute approximate surface area is 282 Å². The summed E-state index contributed by atoms with van der Waals surface area (Å²) in [6.45, 7) is 4.62. The van der Waals surface area contributed by atoms with E-state index in [4.69, 9.17) is 15.0 Å². The van der Waals surface area contributed by atoms with Crippen LogP contribution in [0.4, 0.5) is 0 Å². The van der Waals surface area contributed by atoms with Gasteiger partial charge in [-0.3, -0.25) is 0 Å². The lowest BCUT2D eigenvalue weighted by molar-refractivity contribution is 0.660. The fraction of sp³-hybridized carbons (Fsp3) is 0.0682. The van der Waals surface area contributed by atoms with Crippen molar-refractivity contribution in [2.24, 2.45) is 0 Å². The predicted molar refractivity (Wildman–Crippen MR) is 202 cm³/mol. The van der Waals surface area contributed by atoms with Crippen LogP contribution in [0.5, 0.6) is 0 Å². The first kappa shape index (κ1) is 27.4. The molecule has 0 bridgehead atoms. The zero-order valence-corrected chi connectivity index (χ0v) is 27.3. The van der Waals surface area contributed by atoms with Crippen LogP contribution in [-0.2, 0) is 5.41 Å². The molecule has 0 saturated carbocycles. The van der Waals surface area contributed by atoms with Crippen molar-refractivity contribution in [1.29, 1.82) is 0 Å². The van der Waals surface area contributed by atoms with E-state index in [2.05, 4.69) is 135 Å². The van der Waals surface area contributed by atoms with Crippen LogP contribution in [0.25, 0.3) is 87.0 Å². The van der Waals surface area contributed by atoms with Crippen molar-refractivity contribution in [2.45, 2.75) is 19.3 Å². The molecule has 2 heterocycles. The molecule has 0 fully saturated rings. The molecule has 9 aromatic rings. The molecule has 226 valence electrons. The third-order valence-corrected chi connectivity index (χ3v) is 11.4. The lowest BCUT2D eigenvalue weighted by Gasteiger charge is -2.21. The van der Waals surface area contributed by atoms with Crippen LogP contribution in [0.15, 0.2) is 140 Å². The Morgan fingerprint density at radius 3 is 1.98 bits per heavy atom. The molecular formula is C44H29N3S. The molecular weight excluding hydrogens is 603 g/mol. The maximum Gasteiger partial charge on any atom is 0.165 e. The van der Waals surface area contributed by atoms with Crippen LogP contribution in [0.2, 0.25) is 0 Å². The maximum absolute atomic E-state index is 5.24. The van der Waals surface area contributed by atoms with Gasteiger partial charge < -0.3 is 0 Å². The fourth-order valence-corrected chi connectivity index (χ4v) is 9.08. The lowest BCUT2D eigenvalue weighted by Crippen LogP contribution is -2.15. The van der Waals surface area contributed by atoms with Gasteiger partial charge in [0, 0.05) is 47.7 Å². The first-order chi connectivity index (χ1) is 23.5. The van der Waals surface area contributed by atoms with Gasteiger partial charge in [0.15, 0.2) is 17.5 Å². The molecule has 0 aliphatic heterocycles. The average molecular weight is 632 g/mol. The zero-order valence-electron chi connectivity index (χ0n) is 26.5. The standard InChI is InChI=1S/C44H29N3S/c1-44(2)36-18-9-8-15-31(36)32-23-22-29(25-37(32)44)42-45-41(28-12-4-3-5-13-28)46-43(47-42)35-17-10-16-33-34-24-21-27-20-19-26-11-6-7-14-30(26)38(27)40(34)48-39(33)35/h3-25H,1-2H3. The highest BCUT2D eigenvalue weighted by Gasteiger charge is 2.35. The van der Waals surface area contributed by atoms with E-state index in [0.29, 0.717) is 17.5 Å². The number of rotatable bonds is 3. The molecule has 0 atom stereocenters. The van der Waals surface area contributed by atoms with Crippen LogP contribution >= 0.6 is 11.3 Å². The van der Waals surface area contributed by atoms with Gasteiger partial charge in [-0.2, -0.15) is 0 Å². The molecule has 0 amide bonds. The topological polar surface area (TPSA) is 38.7 Å². The number of nitrogens with zero attached hydrogens (tertiary/aromatic N) is 3. The van der Waals surface area contributed by atoms with E-state index in [1.54, 1.807) is 0 Å². The molecule has 48 heavy (non-hydrogen) atoms. The van der Waals surface area contributed by atoms with Crippen LogP contribution < -0.4 is 0 Å². The molecule has 7 aromatic carbocycles. The Kier molecular flexibility index (Phi) is 5.79. The average Bonchev–Trinajstić information content (AvgIpc) is 3.64. The molecule has 1 aliphatic carbocycles. The van der Waals surface area contributed by atoms with Crippen molar-refractivity contribution in [2.75, 3.05) is 0 Å². The van der Waals surface area contributed by atoms with Gasteiger partial charge in [-0.15, -0.1) is 11.3 Å². The van der Waals surface area contributed by atoms with Crippen molar-refractivity contribution in [1.82, 2.24) is 15.0 Å².